The molecule has 0 unspecified atom stereocenters. The summed E-state index contributed by atoms with van der Waals surface area (Å²) in [6, 6.07) is 0.208. The van der Waals surface area contributed by atoms with E-state index in [-0.39, 0.29) is 17.2 Å². The van der Waals surface area contributed by atoms with Crippen LogP contribution in [0.15, 0.2) is 12.7 Å². The van der Waals surface area contributed by atoms with Crippen molar-refractivity contribution in [3.05, 3.63) is 12.7 Å². The van der Waals surface area contributed by atoms with Gasteiger partial charge in [0.15, 0.2) is 0 Å². The van der Waals surface area contributed by atoms with Crippen molar-refractivity contribution >= 4 is 29.4 Å². The molecule has 0 saturated carbocycles. The molecule has 0 N–H and O–H groups in total. The van der Waals surface area contributed by atoms with E-state index >= 15 is 0 Å². The van der Waals surface area contributed by atoms with Gasteiger partial charge in [-0.15, -0.1) is 0 Å². The molecule has 0 radical (unpaired) electrons. The average Bonchev–Trinajstić information content (AvgIpc) is 2.54. The highest BCUT2D eigenvalue weighted by molar-refractivity contribution is 6.58. The van der Waals surface area contributed by atoms with E-state index < -0.39 is 0 Å². The van der Waals surface area contributed by atoms with Crippen molar-refractivity contribution in [2.24, 2.45) is 5.92 Å². The maximum atomic E-state index is 11.6. The van der Waals surface area contributed by atoms with Gasteiger partial charge in [0.05, 0.1) is 12.6 Å². The lowest BCUT2D eigenvalue weighted by molar-refractivity contribution is -0.128. The molecule has 0 aromatic heterocycles. The fraction of sp³-hybridized carbons (Fsp3) is 0.700. The number of carbonyl (C=O) groups is 1. The van der Waals surface area contributed by atoms with E-state index in [9.17, 15) is 4.79 Å². The third kappa shape index (κ3) is 3.74. The molecule has 3 nitrogen and oxygen atoms in total. The second kappa shape index (κ2) is 5.13. The van der Waals surface area contributed by atoms with Crippen molar-refractivity contribution in [2.75, 3.05) is 13.2 Å². The predicted octanol–water partition coefficient (Wildman–Crippen LogP) is -2.06. The normalized spacial score (nSPS) is 25.7. The van der Waals surface area contributed by atoms with E-state index in [0.29, 0.717) is 12.5 Å². The zero-order valence-electron chi connectivity index (χ0n) is 10.8. The van der Waals surface area contributed by atoms with Gasteiger partial charge in [0, 0.05) is 6.54 Å². The zero-order chi connectivity index (χ0) is 12.3. The standard InChI is InChI=1S/C10H20B3NO2/c1-3-9(15)14-5-7(2)4-8(14)6-16-10(11,12)13/h3,7-8H,1,4-6,11-13H2,2H3/t7-,8+/m0/s1. The summed E-state index contributed by atoms with van der Waals surface area (Å²) < 4.78 is 5.76. The first-order valence-electron chi connectivity index (χ1n) is 5.90. The van der Waals surface area contributed by atoms with Crippen molar-refractivity contribution in [1.82, 2.24) is 4.90 Å². The van der Waals surface area contributed by atoms with Crippen molar-refractivity contribution in [2.45, 2.75) is 24.7 Å². The Hall–Kier alpha value is -0.635. The van der Waals surface area contributed by atoms with E-state index in [1.165, 1.54) is 6.08 Å². The third-order valence-electron chi connectivity index (χ3n) is 2.79. The molecule has 1 rings (SSSR count). The number of nitrogens with zero attached hydrogens (tertiary/aromatic N) is 1. The monoisotopic (exact) mass is 219 g/mol. The highest BCUT2D eigenvalue weighted by atomic mass is 16.5. The Bertz CT molecular complexity index is 278. The first kappa shape index (κ1) is 13.4. The summed E-state index contributed by atoms with van der Waals surface area (Å²) in [5.41, 5.74) is 0. The Kier molecular flexibility index (Phi) is 4.31. The van der Waals surface area contributed by atoms with Crippen molar-refractivity contribution in [1.29, 1.82) is 0 Å². The summed E-state index contributed by atoms with van der Waals surface area (Å²) in [5, 5.41) is -0.144. The van der Waals surface area contributed by atoms with Gasteiger partial charge in [0.1, 0.15) is 23.5 Å². The second-order valence-electron chi connectivity index (χ2n) is 5.61. The molecule has 1 aliphatic rings. The minimum absolute atomic E-state index is 0.0202. The van der Waals surface area contributed by atoms with Crippen LogP contribution in [0.1, 0.15) is 13.3 Å². The van der Waals surface area contributed by atoms with Crippen molar-refractivity contribution in [3.63, 3.8) is 0 Å². The Labute approximate surface area is 101 Å². The molecule has 0 aromatic rings. The van der Waals surface area contributed by atoms with Crippen LogP contribution in [-0.2, 0) is 9.53 Å². The molecule has 86 valence electrons. The molecule has 1 aliphatic heterocycles. The van der Waals surface area contributed by atoms with Crippen LogP contribution >= 0.6 is 0 Å². The zero-order valence-corrected chi connectivity index (χ0v) is 10.8. The van der Waals surface area contributed by atoms with Gasteiger partial charge in [-0.25, -0.2) is 0 Å². The van der Waals surface area contributed by atoms with Gasteiger partial charge < -0.3 is 9.64 Å². The molecule has 0 aliphatic carbocycles. The number of hydrogen-bond donors (Lipinski definition) is 0. The first-order chi connectivity index (χ1) is 7.33. The Morgan fingerprint density at radius 1 is 1.62 bits per heavy atom. The van der Waals surface area contributed by atoms with Gasteiger partial charge >= 0.3 is 0 Å². The number of rotatable bonds is 4. The topological polar surface area (TPSA) is 29.5 Å². The number of ether oxygens (including phenoxy) is 1. The fourth-order valence-electron chi connectivity index (χ4n) is 2.04. The molecule has 0 spiro atoms. The van der Waals surface area contributed by atoms with Gasteiger partial charge in [-0.2, -0.15) is 0 Å². The van der Waals surface area contributed by atoms with E-state index in [0.717, 1.165) is 13.0 Å². The Balaban J connectivity index is 2.56. The molecule has 6 heteroatoms. The number of carbonyl (C=O) groups excluding carboxylic acids is 1. The summed E-state index contributed by atoms with van der Waals surface area (Å²) in [7, 11) is 6.10. The predicted molar refractivity (Wildman–Crippen MR) is 73.8 cm³/mol. The fourth-order valence-corrected chi connectivity index (χ4v) is 2.04. The lowest BCUT2D eigenvalue weighted by Crippen LogP contribution is -2.42. The van der Waals surface area contributed by atoms with E-state index in [1.54, 1.807) is 0 Å². The van der Waals surface area contributed by atoms with Crippen molar-refractivity contribution < 1.29 is 9.53 Å². The summed E-state index contributed by atoms with van der Waals surface area (Å²) in [4.78, 5) is 13.5. The molecule has 1 amide bonds. The highest BCUT2D eigenvalue weighted by Crippen LogP contribution is 2.23. The minimum Gasteiger partial charge on any atom is -0.399 e. The van der Waals surface area contributed by atoms with Crippen LogP contribution in [0, 0.1) is 5.92 Å². The quantitative estimate of drug-likeness (QED) is 0.401. The summed E-state index contributed by atoms with van der Waals surface area (Å²) in [5.74, 6) is 0.573. The maximum absolute atomic E-state index is 11.6. The average molecular weight is 219 g/mol. The van der Waals surface area contributed by atoms with E-state index in [2.05, 4.69) is 13.5 Å². The lowest BCUT2D eigenvalue weighted by atomic mass is 9.52. The third-order valence-corrected chi connectivity index (χ3v) is 2.79. The summed E-state index contributed by atoms with van der Waals surface area (Å²) in [6.45, 7) is 7.15. The van der Waals surface area contributed by atoms with Gasteiger partial charge in [-0.05, 0) is 23.7 Å². The van der Waals surface area contributed by atoms with Crippen LogP contribution in [0.2, 0.25) is 0 Å². The Morgan fingerprint density at radius 3 is 2.75 bits per heavy atom. The molecule has 1 heterocycles. The molecule has 1 saturated heterocycles. The molecule has 0 bridgehead atoms. The van der Waals surface area contributed by atoms with E-state index in [1.807, 2.05) is 28.4 Å². The van der Waals surface area contributed by atoms with Crippen LogP contribution in [0.3, 0.4) is 0 Å². The van der Waals surface area contributed by atoms with Gasteiger partial charge in [0.25, 0.3) is 0 Å². The van der Waals surface area contributed by atoms with Crippen LogP contribution < -0.4 is 0 Å². The van der Waals surface area contributed by atoms with Crippen LogP contribution in [0.5, 0.6) is 0 Å². The molecule has 1 fully saturated rings. The molecule has 2 atom stereocenters. The van der Waals surface area contributed by atoms with Crippen LogP contribution in [-0.4, -0.2) is 58.8 Å². The van der Waals surface area contributed by atoms with Crippen LogP contribution in [0.4, 0.5) is 0 Å². The SMILES string of the molecule is BC(B)(B)OC[C@H]1C[C@H](C)CN1C(=O)C=C. The largest absolute Gasteiger partial charge is 0.399 e. The maximum Gasteiger partial charge on any atom is 0.246 e. The number of amides is 1. The van der Waals surface area contributed by atoms with Gasteiger partial charge in [0.2, 0.25) is 5.91 Å². The van der Waals surface area contributed by atoms with Gasteiger partial charge in [-0.3, -0.25) is 4.79 Å². The second-order valence-corrected chi connectivity index (χ2v) is 5.61. The van der Waals surface area contributed by atoms with Crippen molar-refractivity contribution in [3.8, 4) is 0 Å². The number of likely N-dealkylation sites (tertiary alicyclic amines) is 1. The Morgan fingerprint density at radius 2 is 2.25 bits per heavy atom. The summed E-state index contributed by atoms with van der Waals surface area (Å²) in [6.07, 6.45) is 2.41. The highest BCUT2D eigenvalue weighted by Gasteiger charge is 2.32. The first-order valence-corrected chi connectivity index (χ1v) is 5.90. The molecule has 0 aromatic carbocycles. The number of hydrogen-bond acceptors (Lipinski definition) is 2. The summed E-state index contributed by atoms with van der Waals surface area (Å²) >= 11 is 0. The lowest BCUT2D eigenvalue weighted by Gasteiger charge is -2.27. The smallest absolute Gasteiger partial charge is 0.246 e. The molecular formula is C10H20B3NO2. The molecular weight excluding hydrogens is 199 g/mol. The minimum atomic E-state index is -0.144. The van der Waals surface area contributed by atoms with Crippen LogP contribution in [0.25, 0.3) is 0 Å². The molecule has 16 heavy (non-hydrogen) atoms. The van der Waals surface area contributed by atoms with Gasteiger partial charge in [-0.1, -0.05) is 13.5 Å². The van der Waals surface area contributed by atoms with E-state index in [4.69, 9.17) is 4.74 Å².